The Morgan fingerprint density at radius 2 is 1.93 bits per heavy atom. The molecule has 30 heavy (non-hydrogen) atoms. The molecular formula is C21H19IN2O5S. The molecule has 2 aromatic rings. The van der Waals surface area contributed by atoms with Crippen molar-refractivity contribution in [3.05, 3.63) is 51.1 Å². The zero-order valence-electron chi connectivity index (χ0n) is 16.5. The molecule has 1 aliphatic heterocycles. The second kappa shape index (κ2) is 9.43. The molecule has 1 N–H and O–H groups in total. The largest absolute Gasteiger partial charge is 0.494 e. The van der Waals surface area contributed by atoms with Crippen LogP contribution in [-0.2, 0) is 9.59 Å². The molecule has 2 amide bonds. The molecule has 0 spiro atoms. The average Bonchev–Trinajstić information content (AvgIpc) is 2.71. The van der Waals surface area contributed by atoms with E-state index in [4.69, 9.17) is 26.4 Å². The number of methoxy groups -OCH3 is 2. The lowest BCUT2D eigenvalue weighted by atomic mass is 10.1. The summed E-state index contributed by atoms with van der Waals surface area (Å²) in [4.78, 5) is 27.0. The quantitative estimate of drug-likeness (QED) is 0.263. The molecule has 1 heterocycles. The number of amides is 2. The van der Waals surface area contributed by atoms with E-state index in [0.29, 0.717) is 35.1 Å². The van der Waals surface area contributed by atoms with Gasteiger partial charge >= 0.3 is 0 Å². The molecule has 0 atom stereocenters. The lowest BCUT2D eigenvalue weighted by molar-refractivity contribution is -0.122. The van der Waals surface area contributed by atoms with E-state index in [2.05, 4.69) is 27.9 Å². The van der Waals surface area contributed by atoms with Gasteiger partial charge in [-0.3, -0.25) is 19.8 Å². The van der Waals surface area contributed by atoms with Crippen LogP contribution >= 0.6 is 34.8 Å². The molecule has 0 radical (unpaired) electrons. The zero-order valence-corrected chi connectivity index (χ0v) is 19.5. The summed E-state index contributed by atoms with van der Waals surface area (Å²) in [6.07, 6.45) is 1.50. The van der Waals surface area contributed by atoms with Crippen molar-refractivity contribution in [2.24, 2.45) is 0 Å². The maximum Gasteiger partial charge on any atom is 0.270 e. The molecule has 7 nitrogen and oxygen atoms in total. The maximum atomic E-state index is 13.2. The van der Waals surface area contributed by atoms with Crippen molar-refractivity contribution < 1.29 is 23.8 Å². The fourth-order valence-corrected chi connectivity index (χ4v) is 4.09. The van der Waals surface area contributed by atoms with Crippen molar-refractivity contribution >= 4 is 63.5 Å². The predicted octanol–water partition coefficient (Wildman–Crippen LogP) is 3.54. The summed E-state index contributed by atoms with van der Waals surface area (Å²) in [5.41, 5.74) is 1.07. The number of nitrogens with zero attached hydrogens (tertiary/aromatic N) is 1. The maximum absolute atomic E-state index is 13.2. The van der Waals surface area contributed by atoms with Crippen molar-refractivity contribution in [2.75, 3.05) is 25.7 Å². The molecular weight excluding hydrogens is 519 g/mol. The van der Waals surface area contributed by atoms with Crippen molar-refractivity contribution in [1.29, 1.82) is 0 Å². The van der Waals surface area contributed by atoms with Gasteiger partial charge < -0.3 is 14.2 Å². The minimum atomic E-state index is -0.563. The van der Waals surface area contributed by atoms with Crippen LogP contribution in [0.25, 0.3) is 6.08 Å². The van der Waals surface area contributed by atoms with Crippen molar-refractivity contribution in [3.8, 4) is 17.2 Å². The van der Waals surface area contributed by atoms with Crippen molar-refractivity contribution in [2.45, 2.75) is 6.92 Å². The highest BCUT2D eigenvalue weighted by Gasteiger charge is 2.34. The molecule has 1 fully saturated rings. The van der Waals surface area contributed by atoms with Gasteiger partial charge in [0.2, 0.25) is 0 Å². The van der Waals surface area contributed by atoms with Gasteiger partial charge in [-0.05, 0) is 77.6 Å². The molecule has 0 aliphatic carbocycles. The third kappa shape index (κ3) is 4.41. The predicted molar refractivity (Wildman–Crippen MR) is 126 cm³/mol. The Hall–Kier alpha value is -2.66. The van der Waals surface area contributed by atoms with Gasteiger partial charge in [0.05, 0.1) is 30.1 Å². The van der Waals surface area contributed by atoms with E-state index < -0.39 is 11.8 Å². The monoisotopic (exact) mass is 538 g/mol. The van der Waals surface area contributed by atoms with Crippen LogP contribution in [0.4, 0.5) is 5.69 Å². The van der Waals surface area contributed by atoms with Crippen LogP contribution in [0, 0.1) is 3.57 Å². The van der Waals surface area contributed by atoms with Gasteiger partial charge in [-0.15, -0.1) is 0 Å². The zero-order chi connectivity index (χ0) is 21.8. The number of benzene rings is 2. The lowest BCUT2D eigenvalue weighted by Gasteiger charge is -2.29. The van der Waals surface area contributed by atoms with E-state index in [1.54, 1.807) is 43.5 Å². The van der Waals surface area contributed by atoms with Gasteiger partial charge in [-0.25, -0.2) is 0 Å². The normalized spacial score (nSPS) is 15.3. The second-order valence-electron chi connectivity index (χ2n) is 6.13. The fraction of sp³-hybridized carbons (Fsp3) is 0.190. The van der Waals surface area contributed by atoms with Gasteiger partial charge in [0, 0.05) is 6.07 Å². The highest BCUT2D eigenvalue weighted by atomic mass is 127. The number of carbonyl (C=O) groups excluding carboxylic acids is 2. The van der Waals surface area contributed by atoms with E-state index >= 15 is 0 Å². The first-order valence-corrected chi connectivity index (χ1v) is 10.4. The summed E-state index contributed by atoms with van der Waals surface area (Å²) >= 11 is 7.35. The van der Waals surface area contributed by atoms with Gasteiger partial charge in [0.25, 0.3) is 11.8 Å². The summed E-state index contributed by atoms with van der Waals surface area (Å²) < 4.78 is 17.0. The summed E-state index contributed by atoms with van der Waals surface area (Å²) in [7, 11) is 3.07. The fourth-order valence-electron chi connectivity index (χ4n) is 2.96. The number of ether oxygens (including phenoxy) is 3. The first-order valence-electron chi connectivity index (χ1n) is 8.95. The third-order valence-corrected chi connectivity index (χ3v) is 5.34. The van der Waals surface area contributed by atoms with Crippen LogP contribution in [0.3, 0.4) is 0 Å². The number of nitrogens with one attached hydrogen (secondary N) is 1. The number of anilines is 1. The Kier molecular flexibility index (Phi) is 6.93. The number of hydrogen-bond donors (Lipinski definition) is 1. The number of thiocarbonyl (C=S) groups is 1. The summed E-state index contributed by atoms with van der Waals surface area (Å²) in [6.45, 7) is 2.36. The van der Waals surface area contributed by atoms with Gasteiger partial charge in [0.15, 0.2) is 16.6 Å². The van der Waals surface area contributed by atoms with Crippen LogP contribution in [-0.4, -0.2) is 37.8 Å². The molecule has 0 bridgehead atoms. The van der Waals surface area contributed by atoms with E-state index in [9.17, 15) is 9.59 Å². The highest BCUT2D eigenvalue weighted by molar-refractivity contribution is 14.1. The van der Waals surface area contributed by atoms with Crippen molar-refractivity contribution in [1.82, 2.24) is 5.32 Å². The Balaban J connectivity index is 2.03. The highest BCUT2D eigenvalue weighted by Crippen LogP contribution is 2.34. The minimum absolute atomic E-state index is 0.0118. The van der Waals surface area contributed by atoms with E-state index in [1.807, 2.05) is 6.92 Å². The van der Waals surface area contributed by atoms with E-state index in [1.165, 1.54) is 18.1 Å². The number of hydrogen-bond acceptors (Lipinski definition) is 6. The van der Waals surface area contributed by atoms with Crippen LogP contribution in [0.1, 0.15) is 12.5 Å². The summed E-state index contributed by atoms with van der Waals surface area (Å²) in [5.74, 6) is 0.587. The minimum Gasteiger partial charge on any atom is -0.494 e. The SMILES string of the molecule is CCOc1cccc(N2C(=O)/C(=C\c3cc(I)c(OC)c(OC)c3)C(=O)NC2=S)c1. The molecule has 9 heteroatoms. The first kappa shape index (κ1) is 22.0. The number of rotatable bonds is 6. The van der Waals surface area contributed by atoms with E-state index in [-0.39, 0.29) is 10.7 Å². The van der Waals surface area contributed by atoms with Crippen molar-refractivity contribution in [3.63, 3.8) is 0 Å². The number of halogens is 1. The molecule has 0 saturated carbocycles. The first-order chi connectivity index (χ1) is 14.4. The average molecular weight is 538 g/mol. The van der Waals surface area contributed by atoms with Crippen LogP contribution in [0.2, 0.25) is 0 Å². The van der Waals surface area contributed by atoms with Gasteiger partial charge in [-0.2, -0.15) is 0 Å². The molecule has 1 aliphatic rings. The smallest absolute Gasteiger partial charge is 0.270 e. The van der Waals surface area contributed by atoms with Crippen LogP contribution in [0.5, 0.6) is 17.2 Å². The number of carbonyl (C=O) groups is 2. The molecule has 2 aromatic carbocycles. The molecule has 156 valence electrons. The standard InChI is InChI=1S/C21H19IN2O5S/c1-4-29-14-7-5-6-13(11-14)24-20(26)15(19(25)23-21(24)30)8-12-9-16(22)18(28-3)17(10-12)27-2/h5-11H,4H2,1-3H3,(H,23,25,30)/b15-8-. The third-order valence-electron chi connectivity index (χ3n) is 4.26. The Morgan fingerprint density at radius 1 is 1.17 bits per heavy atom. The van der Waals surface area contributed by atoms with E-state index in [0.717, 1.165) is 3.57 Å². The van der Waals surface area contributed by atoms with Crippen LogP contribution in [0.15, 0.2) is 42.0 Å². The second-order valence-corrected chi connectivity index (χ2v) is 7.68. The lowest BCUT2D eigenvalue weighted by Crippen LogP contribution is -2.54. The summed E-state index contributed by atoms with van der Waals surface area (Å²) in [5, 5.41) is 2.59. The Labute approximate surface area is 193 Å². The Bertz CT molecular complexity index is 1050. The molecule has 3 rings (SSSR count). The molecule has 0 unspecified atom stereocenters. The molecule has 1 saturated heterocycles. The van der Waals surface area contributed by atoms with Crippen LogP contribution < -0.4 is 24.4 Å². The topological polar surface area (TPSA) is 77.1 Å². The van der Waals surface area contributed by atoms with Gasteiger partial charge in [-0.1, -0.05) is 6.07 Å². The Morgan fingerprint density at radius 3 is 2.60 bits per heavy atom. The molecule has 0 aromatic heterocycles. The summed E-state index contributed by atoms with van der Waals surface area (Å²) in [6, 6.07) is 10.4. The van der Waals surface area contributed by atoms with Gasteiger partial charge in [0.1, 0.15) is 11.3 Å².